The lowest BCUT2D eigenvalue weighted by molar-refractivity contribution is -0.128. The molecule has 8 heteroatoms. The van der Waals surface area contributed by atoms with Crippen molar-refractivity contribution in [1.82, 2.24) is 14.1 Å². The van der Waals surface area contributed by atoms with Gasteiger partial charge in [0.05, 0.1) is 17.3 Å². The van der Waals surface area contributed by atoms with Gasteiger partial charge in [-0.05, 0) is 18.1 Å². The number of benzene rings is 2. The van der Waals surface area contributed by atoms with Crippen LogP contribution in [0.4, 0.5) is 0 Å². The Morgan fingerprint density at radius 1 is 0.903 bits per heavy atom. The lowest BCUT2D eigenvalue weighted by atomic mass is 9.96. The predicted octanol–water partition coefficient (Wildman–Crippen LogP) is 2.46. The number of nitrogens with zero attached hydrogens (tertiary/aromatic N) is 4. The van der Waals surface area contributed by atoms with Crippen LogP contribution in [-0.4, -0.2) is 67.4 Å². The minimum absolute atomic E-state index is 0.119. The van der Waals surface area contributed by atoms with Gasteiger partial charge in [-0.1, -0.05) is 60.7 Å². The summed E-state index contributed by atoms with van der Waals surface area (Å²) < 4.78 is 28.5. The molecule has 1 fully saturated rings. The maximum Gasteiger partial charge on any atom is 0.344 e. The molecule has 0 unspecified atom stereocenters. The maximum atomic E-state index is 13.1. The van der Waals surface area contributed by atoms with Gasteiger partial charge in [-0.2, -0.15) is 8.42 Å². The largest absolute Gasteiger partial charge is 0.344 e. The molecule has 2 aliphatic rings. The van der Waals surface area contributed by atoms with Gasteiger partial charge in [0, 0.05) is 39.4 Å². The van der Waals surface area contributed by atoms with E-state index in [0.29, 0.717) is 18.7 Å². The van der Waals surface area contributed by atoms with Crippen molar-refractivity contribution in [2.24, 2.45) is 4.40 Å². The Hall–Kier alpha value is -2.97. The second-order valence-corrected chi connectivity index (χ2v) is 9.42. The van der Waals surface area contributed by atoms with E-state index < -0.39 is 10.2 Å². The summed E-state index contributed by atoms with van der Waals surface area (Å²) in [5.41, 5.74) is 3.00. The average Bonchev–Trinajstić information content (AvgIpc) is 2.78. The summed E-state index contributed by atoms with van der Waals surface area (Å²) in [7, 11) is -2.33. The molecule has 0 bridgehead atoms. The molecule has 1 amide bonds. The molecule has 0 spiro atoms. The molecule has 0 aromatic heterocycles. The fraction of sp³-hybridized carbons (Fsp3) is 0.304. The Kier molecular flexibility index (Phi) is 5.93. The molecule has 2 heterocycles. The van der Waals surface area contributed by atoms with Gasteiger partial charge in [0.1, 0.15) is 0 Å². The second kappa shape index (κ2) is 8.64. The summed E-state index contributed by atoms with van der Waals surface area (Å²) in [6.45, 7) is 4.13. The number of piperazine rings is 1. The normalized spacial score (nSPS) is 19.2. The molecule has 0 atom stereocenters. The van der Waals surface area contributed by atoms with Crippen LogP contribution in [0.1, 0.15) is 24.1 Å². The number of hydrogen-bond acceptors (Lipinski definition) is 4. The first-order chi connectivity index (χ1) is 14.9. The summed E-state index contributed by atoms with van der Waals surface area (Å²) in [5, 5.41) is 0. The van der Waals surface area contributed by atoms with E-state index in [-0.39, 0.29) is 17.7 Å². The van der Waals surface area contributed by atoms with Gasteiger partial charge >= 0.3 is 10.2 Å². The number of amides is 1. The van der Waals surface area contributed by atoms with E-state index in [1.54, 1.807) is 11.8 Å². The number of hydrogen-bond donors (Lipinski definition) is 0. The highest BCUT2D eigenvalue weighted by atomic mass is 32.2. The van der Waals surface area contributed by atoms with Crippen LogP contribution in [0.25, 0.3) is 0 Å². The average molecular weight is 439 g/mol. The van der Waals surface area contributed by atoms with Crippen molar-refractivity contribution in [2.75, 3.05) is 33.2 Å². The molecular weight excluding hydrogens is 412 g/mol. The summed E-state index contributed by atoms with van der Waals surface area (Å²) in [6, 6.07) is 20.9. The molecule has 2 aliphatic heterocycles. The first-order valence-electron chi connectivity index (χ1n) is 10.3. The third-order valence-electron chi connectivity index (χ3n) is 5.74. The van der Waals surface area contributed by atoms with Crippen molar-refractivity contribution in [1.29, 1.82) is 0 Å². The summed E-state index contributed by atoms with van der Waals surface area (Å²) in [4.78, 5) is 17.2. The zero-order valence-corrected chi connectivity index (χ0v) is 18.5. The van der Waals surface area contributed by atoms with Crippen LogP contribution in [0.2, 0.25) is 0 Å². The van der Waals surface area contributed by atoms with Gasteiger partial charge in [-0.15, -0.1) is 4.40 Å². The third kappa shape index (κ3) is 4.40. The molecule has 1 saturated heterocycles. The van der Waals surface area contributed by atoms with Crippen molar-refractivity contribution in [3.05, 3.63) is 83.6 Å². The van der Waals surface area contributed by atoms with Crippen molar-refractivity contribution in [2.45, 2.75) is 13.0 Å². The lowest BCUT2D eigenvalue weighted by Gasteiger charge is -2.40. The van der Waals surface area contributed by atoms with E-state index in [1.807, 2.05) is 36.4 Å². The first kappa shape index (κ1) is 21.3. The fourth-order valence-electron chi connectivity index (χ4n) is 4.08. The minimum Gasteiger partial charge on any atom is -0.336 e. The highest BCUT2D eigenvalue weighted by Crippen LogP contribution is 2.29. The van der Waals surface area contributed by atoms with Gasteiger partial charge in [-0.3, -0.25) is 14.0 Å². The Morgan fingerprint density at radius 3 is 1.94 bits per heavy atom. The summed E-state index contributed by atoms with van der Waals surface area (Å²) in [6.07, 6.45) is 1.36. The van der Waals surface area contributed by atoms with E-state index in [0.717, 1.165) is 17.4 Å². The van der Waals surface area contributed by atoms with Crippen LogP contribution in [-0.2, 0) is 15.0 Å². The van der Waals surface area contributed by atoms with Crippen LogP contribution in [0.15, 0.2) is 76.8 Å². The van der Waals surface area contributed by atoms with Crippen molar-refractivity contribution >= 4 is 21.8 Å². The zero-order valence-electron chi connectivity index (χ0n) is 17.7. The number of carbonyl (C=O) groups excluding carboxylic acids is 1. The fourth-order valence-corrected chi connectivity index (χ4v) is 4.89. The van der Waals surface area contributed by atoms with Crippen molar-refractivity contribution in [3.8, 4) is 0 Å². The topological polar surface area (TPSA) is 73.3 Å². The van der Waals surface area contributed by atoms with Gasteiger partial charge in [-0.25, -0.2) is 0 Å². The molecule has 31 heavy (non-hydrogen) atoms. The van der Waals surface area contributed by atoms with Crippen LogP contribution in [0.5, 0.6) is 0 Å². The zero-order chi connectivity index (χ0) is 22.0. The molecule has 0 saturated carbocycles. The molecule has 7 nitrogen and oxygen atoms in total. The van der Waals surface area contributed by atoms with Gasteiger partial charge in [0.25, 0.3) is 5.91 Å². The van der Waals surface area contributed by atoms with E-state index in [9.17, 15) is 13.2 Å². The molecule has 0 radical (unpaired) electrons. The minimum atomic E-state index is -3.72. The highest BCUT2D eigenvalue weighted by Gasteiger charge is 2.32. The molecule has 2 aromatic rings. The standard InChI is InChI=1S/C23H26N4O3S/c1-18-21(17-25(2)31(29,30)24-18)23(28)27-15-13-26(14-16-27)22(19-9-5-3-6-10-19)20-11-7-4-8-12-20/h3-12,17,22H,13-16H2,1-2H3. The quantitative estimate of drug-likeness (QED) is 0.735. The van der Waals surface area contributed by atoms with Gasteiger partial charge in [0.2, 0.25) is 0 Å². The molecule has 0 aliphatic carbocycles. The molecular formula is C23H26N4O3S. The van der Waals surface area contributed by atoms with E-state index in [2.05, 4.69) is 33.6 Å². The summed E-state index contributed by atoms with van der Waals surface area (Å²) >= 11 is 0. The van der Waals surface area contributed by atoms with Crippen LogP contribution >= 0.6 is 0 Å². The van der Waals surface area contributed by atoms with E-state index in [4.69, 9.17) is 0 Å². The first-order valence-corrected chi connectivity index (χ1v) is 11.7. The SMILES string of the molecule is CC1=NS(=O)(=O)N(C)C=C1C(=O)N1CCN(C(c2ccccc2)c2ccccc2)CC1. The Labute approximate surface area is 183 Å². The Morgan fingerprint density at radius 2 is 1.42 bits per heavy atom. The van der Waals surface area contributed by atoms with Crippen LogP contribution in [0.3, 0.4) is 0 Å². The summed E-state index contributed by atoms with van der Waals surface area (Å²) in [5.74, 6) is -0.182. The van der Waals surface area contributed by atoms with E-state index in [1.165, 1.54) is 24.4 Å². The van der Waals surface area contributed by atoms with Crippen molar-refractivity contribution < 1.29 is 13.2 Å². The van der Waals surface area contributed by atoms with Gasteiger partial charge in [0.15, 0.2) is 0 Å². The van der Waals surface area contributed by atoms with Crippen molar-refractivity contribution in [3.63, 3.8) is 0 Å². The molecule has 0 N–H and O–H groups in total. The smallest absolute Gasteiger partial charge is 0.336 e. The van der Waals surface area contributed by atoms with Gasteiger partial charge < -0.3 is 4.90 Å². The Bertz CT molecular complexity index is 1070. The van der Waals surface area contributed by atoms with Crippen LogP contribution in [0, 0.1) is 0 Å². The van der Waals surface area contributed by atoms with Crippen LogP contribution < -0.4 is 0 Å². The predicted molar refractivity (Wildman–Crippen MR) is 121 cm³/mol. The monoisotopic (exact) mass is 438 g/mol. The number of rotatable bonds is 4. The highest BCUT2D eigenvalue weighted by molar-refractivity contribution is 7.88. The third-order valence-corrected chi connectivity index (χ3v) is 7.08. The molecule has 2 aromatic carbocycles. The maximum absolute atomic E-state index is 13.1. The lowest BCUT2D eigenvalue weighted by Crippen LogP contribution is -2.51. The molecule has 4 rings (SSSR count). The molecule has 162 valence electrons. The number of carbonyl (C=O) groups is 1. The van der Waals surface area contributed by atoms with E-state index >= 15 is 0 Å². The second-order valence-electron chi connectivity index (χ2n) is 7.77. The Balaban J connectivity index is 1.51.